The summed E-state index contributed by atoms with van der Waals surface area (Å²) in [5.41, 5.74) is 10.2. The summed E-state index contributed by atoms with van der Waals surface area (Å²) in [6, 6.07) is 27.5. The number of nitrogen functional groups attached to an aromatic ring is 1. The molecule has 0 radical (unpaired) electrons. The Kier molecular flexibility index (Phi) is 6.11. The molecular weight excluding hydrogens is 370 g/mol. The van der Waals surface area contributed by atoms with Gasteiger partial charge in [0, 0.05) is 11.3 Å². The summed E-state index contributed by atoms with van der Waals surface area (Å²) >= 11 is 0. The minimum Gasteiger partial charge on any atom is -0.403 e. The molecule has 2 nitrogen and oxygen atoms in total. The highest BCUT2D eigenvalue weighted by Gasteiger charge is 2.50. The summed E-state index contributed by atoms with van der Waals surface area (Å²) in [6.45, 7) is 13.4. The van der Waals surface area contributed by atoms with E-state index in [2.05, 4.69) is 94.1 Å². The van der Waals surface area contributed by atoms with Gasteiger partial charge in [0.1, 0.15) is 0 Å². The zero-order valence-corrected chi connectivity index (χ0v) is 18.9. The van der Waals surface area contributed by atoms with Crippen LogP contribution in [0.5, 0.6) is 0 Å². The molecule has 0 aliphatic rings. The van der Waals surface area contributed by atoms with Crippen molar-refractivity contribution < 1.29 is 4.43 Å². The van der Waals surface area contributed by atoms with Crippen LogP contribution in [0.25, 0.3) is 5.57 Å². The van der Waals surface area contributed by atoms with Crippen LogP contribution in [-0.4, -0.2) is 8.32 Å². The van der Waals surface area contributed by atoms with Crippen molar-refractivity contribution in [2.24, 2.45) is 0 Å². The van der Waals surface area contributed by atoms with E-state index in [9.17, 15) is 0 Å². The van der Waals surface area contributed by atoms with Crippen LogP contribution in [0.2, 0.25) is 5.04 Å². The molecule has 0 saturated heterocycles. The van der Waals surface area contributed by atoms with Gasteiger partial charge in [-0.25, -0.2) is 0 Å². The van der Waals surface area contributed by atoms with Crippen molar-refractivity contribution in [2.45, 2.75) is 39.3 Å². The Morgan fingerprint density at radius 3 is 1.83 bits per heavy atom. The predicted molar refractivity (Wildman–Crippen MR) is 128 cm³/mol. The molecule has 3 aromatic carbocycles. The van der Waals surface area contributed by atoms with Crippen molar-refractivity contribution in [3.8, 4) is 0 Å². The molecule has 0 amide bonds. The van der Waals surface area contributed by atoms with Crippen LogP contribution in [0.1, 0.15) is 38.8 Å². The molecule has 0 heterocycles. The first-order valence-electron chi connectivity index (χ1n) is 10.1. The van der Waals surface area contributed by atoms with Crippen molar-refractivity contribution in [2.75, 3.05) is 5.73 Å². The Morgan fingerprint density at radius 2 is 1.38 bits per heavy atom. The van der Waals surface area contributed by atoms with E-state index in [1.807, 2.05) is 19.1 Å². The number of para-hydroxylation sites is 1. The van der Waals surface area contributed by atoms with Gasteiger partial charge in [-0.05, 0) is 33.5 Å². The van der Waals surface area contributed by atoms with E-state index in [1.54, 1.807) is 0 Å². The minimum atomic E-state index is -2.58. The molecule has 0 atom stereocenters. The van der Waals surface area contributed by atoms with Gasteiger partial charge in [-0.1, -0.05) is 106 Å². The van der Waals surface area contributed by atoms with Crippen LogP contribution in [0.4, 0.5) is 5.69 Å². The van der Waals surface area contributed by atoms with Gasteiger partial charge in [-0.3, -0.25) is 0 Å². The van der Waals surface area contributed by atoms with E-state index in [-0.39, 0.29) is 5.04 Å². The molecule has 0 unspecified atom stereocenters. The second-order valence-electron chi connectivity index (χ2n) is 8.61. The first-order valence-corrected chi connectivity index (χ1v) is 12.0. The van der Waals surface area contributed by atoms with Crippen LogP contribution < -0.4 is 16.1 Å². The van der Waals surface area contributed by atoms with Gasteiger partial charge < -0.3 is 10.2 Å². The van der Waals surface area contributed by atoms with E-state index in [1.165, 1.54) is 10.4 Å². The molecule has 0 fully saturated rings. The van der Waals surface area contributed by atoms with E-state index in [0.717, 1.165) is 22.4 Å². The predicted octanol–water partition coefficient (Wildman–Crippen LogP) is 5.38. The molecule has 3 rings (SSSR count). The molecule has 29 heavy (non-hydrogen) atoms. The summed E-state index contributed by atoms with van der Waals surface area (Å²) < 4.78 is 7.00. The van der Waals surface area contributed by atoms with E-state index in [4.69, 9.17) is 10.2 Å². The average Bonchev–Trinajstić information content (AvgIpc) is 2.70. The Morgan fingerprint density at radius 1 is 0.862 bits per heavy atom. The van der Waals surface area contributed by atoms with Crippen molar-refractivity contribution in [1.82, 2.24) is 0 Å². The molecule has 0 aliphatic heterocycles. The van der Waals surface area contributed by atoms with Gasteiger partial charge in [0.15, 0.2) is 0 Å². The lowest BCUT2D eigenvalue weighted by Crippen LogP contribution is -2.66. The monoisotopic (exact) mass is 401 g/mol. The van der Waals surface area contributed by atoms with Crippen LogP contribution in [0.3, 0.4) is 0 Å². The van der Waals surface area contributed by atoms with Gasteiger partial charge in [-0.15, -0.1) is 0 Å². The lowest BCUT2D eigenvalue weighted by Gasteiger charge is -2.43. The molecule has 150 valence electrons. The van der Waals surface area contributed by atoms with Crippen LogP contribution in [0, 0.1) is 0 Å². The number of rotatable bonds is 6. The Bertz CT molecular complexity index is 935. The molecule has 0 saturated carbocycles. The SMILES string of the molecule is C=C(C)c1cccc(CO[Si](c2ccccc2)(c2ccccc2)C(C)(C)C)c1N. The topological polar surface area (TPSA) is 35.2 Å². The number of nitrogens with two attached hydrogens (primary N) is 1. The molecule has 3 heteroatoms. The number of benzene rings is 3. The Balaban J connectivity index is 2.12. The Hall–Kier alpha value is -2.62. The third kappa shape index (κ3) is 4.07. The standard InChI is InChI=1S/C26H31NOSi/c1-20(2)24-18-12-13-21(25(24)27)19-28-29(26(3,4)5,22-14-8-6-9-15-22)23-16-10-7-11-17-23/h6-18H,1,19,27H2,2-5H3. The first-order chi connectivity index (χ1) is 13.8. The van der Waals surface area contributed by atoms with Crippen LogP contribution >= 0.6 is 0 Å². The average molecular weight is 402 g/mol. The van der Waals surface area contributed by atoms with Crippen LogP contribution in [0.15, 0.2) is 85.4 Å². The first kappa shape index (κ1) is 21.1. The van der Waals surface area contributed by atoms with E-state index in [0.29, 0.717) is 6.61 Å². The normalized spacial score (nSPS) is 12.0. The Labute approximate surface area is 176 Å². The van der Waals surface area contributed by atoms with Gasteiger partial charge in [0.25, 0.3) is 8.32 Å². The van der Waals surface area contributed by atoms with E-state index < -0.39 is 8.32 Å². The number of hydrogen-bond donors (Lipinski definition) is 1. The lowest BCUT2D eigenvalue weighted by molar-refractivity contribution is 0.287. The molecule has 0 aliphatic carbocycles. The maximum absolute atomic E-state index is 7.00. The van der Waals surface area contributed by atoms with Crippen molar-refractivity contribution in [3.63, 3.8) is 0 Å². The summed E-state index contributed by atoms with van der Waals surface area (Å²) in [5, 5.41) is 2.48. The van der Waals surface area contributed by atoms with Gasteiger partial charge in [0.2, 0.25) is 0 Å². The minimum absolute atomic E-state index is 0.0591. The largest absolute Gasteiger partial charge is 0.403 e. The summed E-state index contributed by atoms with van der Waals surface area (Å²) in [6.07, 6.45) is 0. The maximum Gasteiger partial charge on any atom is 0.261 e. The number of anilines is 1. The number of allylic oxidation sites excluding steroid dienone is 1. The quantitative estimate of drug-likeness (QED) is 0.445. The molecule has 0 bridgehead atoms. The number of hydrogen-bond acceptors (Lipinski definition) is 2. The summed E-state index contributed by atoms with van der Waals surface area (Å²) in [4.78, 5) is 0. The molecule has 0 aromatic heterocycles. The molecule has 3 aromatic rings. The maximum atomic E-state index is 7.00. The van der Waals surface area contributed by atoms with Crippen molar-refractivity contribution in [1.29, 1.82) is 0 Å². The third-order valence-corrected chi connectivity index (χ3v) is 10.5. The van der Waals surface area contributed by atoms with Crippen molar-refractivity contribution in [3.05, 3.63) is 96.6 Å². The summed E-state index contributed by atoms with van der Waals surface area (Å²) in [5.74, 6) is 0. The van der Waals surface area contributed by atoms with Crippen LogP contribution in [-0.2, 0) is 11.0 Å². The lowest BCUT2D eigenvalue weighted by atomic mass is 10.0. The fourth-order valence-corrected chi connectivity index (χ4v) is 8.59. The second kappa shape index (κ2) is 8.40. The van der Waals surface area contributed by atoms with E-state index >= 15 is 0 Å². The van der Waals surface area contributed by atoms with Gasteiger partial charge >= 0.3 is 0 Å². The molecule has 0 spiro atoms. The second-order valence-corrected chi connectivity index (χ2v) is 12.9. The van der Waals surface area contributed by atoms with Gasteiger partial charge in [-0.2, -0.15) is 0 Å². The summed E-state index contributed by atoms with van der Waals surface area (Å²) in [7, 11) is -2.58. The highest BCUT2D eigenvalue weighted by molar-refractivity contribution is 6.99. The fourth-order valence-electron chi connectivity index (χ4n) is 4.06. The van der Waals surface area contributed by atoms with Crippen molar-refractivity contribution >= 4 is 30.0 Å². The molecular formula is C26H31NOSi. The highest BCUT2D eigenvalue weighted by atomic mass is 28.4. The fraction of sp³-hybridized carbons (Fsp3) is 0.231. The zero-order chi connectivity index (χ0) is 21.1. The zero-order valence-electron chi connectivity index (χ0n) is 17.9. The third-order valence-electron chi connectivity index (χ3n) is 5.52. The highest BCUT2D eigenvalue weighted by Crippen LogP contribution is 2.37. The molecule has 2 N–H and O–H groups in total. The smallest absolute Gasteiger partial charge is 0.261 e. The van der Waals surface area contributed by atoms with Gasteiger partial charge in [0.05, 0.1) is 6.61 Å².